The normalized spacial score (nSPS) is 16.6. The maximum absolute atomic E-state index is 13.8. The van der Waals surface area contributed by atoms with Gasteiger partial charge in [-0.25, -0.2) is 14.4 Å². The van der Waals surface area contributed by atoms with Gasteiger partial charge in [-0.3, -0.25) is 4.79 Å². The average Bonchev–Trinajstić information content (AvgIpc) is 3.30. The van der Waals surface area contributed by atoms with Crippen LogP contribution in [0.3, 0.4) is 0 Å². The first kappa shape index (κ1) is 19.9. The number of carbonyl (C=O) groups excluding carboxylic acids is 1. The molecular formula is C20H21FN4O2S2. The van der Waals surface area contributed by atoms with Gasteiger partial charge < -0.3 is 15.4 Å². The molecule has 0 radical (unpaired) electrons. The van der Waals surface area contributed by atoms with Crippen molar-refractivity contribution in [1.82, 2.24) is 9.97 Å². The van der Waals surface area contributed by atoms with Crippen LogP contribution in [0.2, 0.25) is 0 Å². The second-order valence-electron chi connectivity index (χ2n) is 6.82. The van der Waals surface area contributed by atoms with Gasteiger partial charge in [0.25, 0.3) is 0 Å². The zero-order chi connectivity index (χ0) is 20.2. The van der Waals surface area contributed by atoms with Crippen molar-refractivity contribution in [2.24, 2.45) is 0 Å². The number of nitrogens with one attached hydrogen (secondary N) is 2. The highest BCUT2D eigenvalue weighted by atomic mass is 32.1. The number of hydrogen-bond acceptors (Lipinski definition) is 7. The minimum atomic E-state index is -0.329. The third-order valence-corrected chi connectivity index (χ3v) is 6.44. The number of para-hydroxylation sites is 1. The summed E-state index contributed by atoms with van der Waals surface area (Å²) in [6, 6.07) is 6.47. The van der Waals surface area contributed by atoms with E-state index in [-0.39, 0.29) is 17.8 Å². The predicted octanol–water partition coefficient (Wildman–Crippen LogP) is 5.36. The lowest BCUT2D eigenvalue weighted by molar-refractivity contribution is -0.119. The summed E-state index contributed by atoms with van der Waals surface area (Å²) in [6.45, 7) is 2.61. The van der Waals surface area contributed by atoms with Gasteiger partial charge in [0.05, 0.1) is 34.5 Å². The molecular weight excluding hydrogens is 411 g/mol. The highest BCUT2D eigenvalue weighted by molar-refractivity contribution is 7.20. The molecule has 0 aliphatic carbocycles. The molecule has 3 heterocycles. The zero-order valence-corrected chi connectivity index (χ0v) is 17.5. The van der Waals surface area contributed by atoms with Crippen LogP contribution < -0.4 is 10.6 Å². The number of amides is 1. The molecule has 1 aliphatic rings. The topological polar surface area (TPSA) is 76.1 Å². The summed E-state index contributed by atoms with van der Waals surface area (Å²) >= 11 is 2.77. The Hall–Kier alpha value is -2.36. The molecule has 1 aliphatic heterocycles. The first-order valence-electron chi connectivity index (χ1n) is 9.45. The number of nitrogens with zero attached hydrogens (tertiary/aromatic N) is 2. The summed E-state index contributed by atoms with van der Waals surface area (Å²) in [5.74, 6) is -0.414. The Labute approximate surface area is 176 Å². The van der Waals surface area contributed by atoms with Crippen LogP contribution in [-0.2, 0) is 9.53 Å². The van der Waals surface area contributed by atoms with Crippen LogP contribution in [0.5, 0.6) is 0 Å². The van der Waals surface area contributed by atoms with Crippen molar-refractivity contribution < 1.29 is 13.9 Å². The number of rotatable bonds is 6. The van der Waals surface area contributed by atoms with Gasteiger partial charge in [0.15, 0.2) is 10.3 Å². The lowest BCUT2D eigenvalue weighted by Gasteiger charge is -2.21. The Morgan fingerprint density at radius 3 is 2.93 bits per heavy atom. The molecule has 0 saturated carbocycles. The van der Waals surface area contributed by atoms with E-state index in [1.165, 1.54) is 28.7 Å². The van der Waals surface area contributed by atoms with E-state index in [1.54, 1.807) is 18.2 Å². The van der Waals surface area contributed by atoms with Crippen molar-refractivity contribution in [3.05, 3.63) is 41.2 Å². The molecule has 1 amide bonds. The molecule has 1 atom stereocenters. The van der Waals surface area contributed by atoms with Crippen molar-refractivity contribution in [3.63, 3.8) is 0 Å². The molecule has 3 aromatic rings. The van der Waals surface area contributed by atoms with Gasteiger partial charge >= 0.3 is 0 Å². The molecule has 0 bridgehead atoms. The van der Waals surface area contributed by atoms with Crippen molar-refractivity contribution >= 4 is 44.5 Å². The number of benzene rings is 1. The van der Waals surface area contributed by atoms with Crippen LogP contribution in [-0.4, -0.2) is 28.6 Å². The Kier molecular flexibility index (Phi) is 6.17. The molecule has 0 unspecified atom stereocenters. The van der Waals surface area contributed by atoms with Crippen LogP contribution in [0.1, 0.15) is 31.4 Å². The van der Waals surface area contributed by atoms with Crippen molar-refractivity contribution in [1.29, 1.82) is 0 Å². The number of carbonyl (C=O) groups is 1. The van der Waals surface area contributed by atoms with E-state index in [9.17, 15) is 9.18 Å². The number of aryl methyl sites for hydroxylation is 1. The molecule has 1 saturated heterocycles. The summed E-state index contributed by atoms with van der Waals surface area (Å²) in [4.78, 5) is 22.2. The van der Waals surface area contributed by atoms with E-state index < -0.39 is 0 Å². The molecule has 4 rings (SSSR count). The van der Waals surface area contributed by atoms with Gasteiger partial charge in [-0.05, 0) is 38.3 Å². The zero-order valence-electron chi connectivity index (χ0n) is 15.9. The number of anilines is 3. The van der Waals surface area contributed by atoms with Gasteiger partial charge in [-0.15, -0.1) is 11.3 Å². The van der Waals surface area contributed by atoms with Crippen LogP contribution >= 0.6 is 22.7 Å². The van der Waals surface area contributed by atoms with Gasteiger partial charge in [0.1, 0.15) is 5.82 Å². The summed E-state index contributed by atoms with van der Waals surface area (Å²) in [5, 5.41) is 8.91. The van der Waals surface area contributed by atoms with E-state index in [1.807, 2.05) is 12.3 Å². The molecule has 2 aromatic heterocycles. The number of aromatic nitrogens is 2. The lowest BCUT2D eigenvalue weighted by Crippen LogP contribution is -2.25. The van der Waals surface area contributed by atoms with Gasteiger partial charge in [0, 0.05) is 12.0 Å². The highest BCUT2D eigenvalue weighted by Gasteiger charge is 2.20. The van der Waals surface area contributed by atoms with Crippen LogP contribution in [0.25, 0.3) is 10.6 Å². The number of thiazole rings is 2. The van der Waals surface area contributed by atoms with Crippen LogP contribution in [0.15, 0.2) is 29.6 Å². The SMILES string of the molecule is Cc1nc(NC(=O)C[C@H]2CCCCO2)sc1-c1csc(Nc2ccccc2F)n1. The van der Waals surface area contributed by atoms with Gasteiger partial charge in [0.2, 0.25) is 5.91 Å². The second-order valence-corrected chi connectivity index (χ2v) is 8.67. The maximum atomic E-state index is 13.8. The highest BCUT2D eigenvalue weighted by Crippen LogP contribution is 2.35. The molecule has 1 aromatic carbocycles. The van der Waals surface area contributed by atoms with Crippen molar-refractivity contribution in [2.75, 3.05) is 17.2 Å². The Bertz CT molecular complexity index is 998. The lowest BCUT2D eigenvalue weighted by atomic mass is 10.1. The van der Waals surface area contributed by atoms with Gasteiger partial charge in [-0.2, -0.15) is 0 Å². The summed E-state index contributed by atoms with van der Waals surface area (Å²) in [7, 11) is 0. The first-order chi connectivity index (χ1) is 14.1. The Morgan fingerprint density at radius 1 is 1.28 bits per heavy atom. The van der Waals surface area contributed by atoms with Crippen molar-refractivity contribution in [3.8, 4) is 10.6 Å². The minimum absolute atomic E-state index is 0.00478. The second kappa shape index (κ2) is 8.98. The van der Waals surface area contributed by atoms with Crippen LogP contribution in [0, 0.1) is 12.7 Å². The standard InChI is InChI=1S/C20H21FN4O2S2/c1-12-18(16-11-28-19(24-16)23-15-8-3-2-7-14(15)21)29-20(22-12)25-17(26)10-13-6-4-5-9-27-13/h2-3,7-8,11,13H,4-6,9-10H2,1H3,(H,23,24)(H,22,25,26)/t13-/m1/s1. The fraction of sp³-hybridized carbons (Fsp3) is 0.350. The summed E-state index contributed by atoms with van der Waals surface area (Å²) < 4.78 is 19.4. The predicted molar refractivity (Wildman–Crippen MR) is 114 cm³/mol. The number of ether oxygens (including phenoxy) is 1. The molecule has 1 fully saturated rings. The van der Waals surface area contributed by atoms with E-state index in [4.69, 9.17) is 4.74 Å². The van der Waals surface area contributed by atoms with Gasteiger partial charge in [-0.1, -0.05) is 23.5 Å². The fourth-order valence-electron chi connectivity index (χ4n) is 3.15. The third-order valence-electron chi connectivity index (χ3n) is 4.58. The maximum Gasteiger partial charge on any atom is 0.228 e. The largest absolute Gasteiger partial charge is 0.378 e. The Morgan fingerprint density at radius 2 is 2.14 bits per heavy atom. The number of hydrogen-bond donors (Lipinski definition) is 2. The molecule has 9 heteroatoms. The Balaban J connectivity index is 1.42. The number of halogens is 1. The fourth-order valence-corrected chi connectivity index (χ4v) is 4.88. The van der Waals surface area contributed by atoms with E-state index in [0.717, 1.165) is 42.1 Å². The molecule has 29 heavy (non-hydrogen) atoms. The monoisotopic (exact) mass is 432 g/mol. The molecule has 0 spiro atoms. The molecule has 152 valence electrons. The third kappa shape index (κ3) is 4.98. The first-order valence-corrected chi connectivity index (χ1v) is 11.1. The van der Waals surface area contributed by atoms with Crippen LogP contribution in [0.4, 0.5) is 20.3 Å². The minimum Gasteiger partial charge on any atom is -0.378 e. The van der Waals surface area contributed by atoms with E-state index >= 15 is 0 Å². The molecule has 6 nitrogen and oxygen atoms in total. The van der Waals surface area contributed by atoms with E-state index in [0.29, 0.717) is 22.4 Å². The summed E-state index contributed by atoms with van der Waals surface area (Å²) in [5.41, 5.74) is 1.93. The summed E-state index contributed by atoms with van der Waals surface area (Å²) in [6.07, 6.45) is 3.43. The molecule has 2 N–H and O–H groups in total. The van der Waals surface area contributed by atoms with Crippen molar-refractivity contribution in [2.45, 2.75) is 38.7 Å². The quantitative estimate of drug-likeness (QED) is 0.549. The smallest absolute Gasteiger partial charge is 0.228 e. The average molecular weight is 433 g/mol. The van der Waals surface area contributed by atoms with E-state index in [2.05, 4.69) is 20.6 Å².